The third-order valence-electron chi connectivity index (χ3n) is 2.18. The van der Waals surface area contributed by atoms with Gasteiger partial charge in [0.1, 0.15) is 0 Å². The minimum absolute atomic E-state index is 0.110. The molecule has 0 aliphatic rings. The molecule has 0 saturated carbocycles. The standard InChI is InChI=1S/C9H6F3N3O/c1-5-7(14-16)15-4-2-3-6(8(15)13-5)9(10,11)12/h2-4H,1H3. The molecule has 0 N–H and O–H groups in total. The van der Waals surface area contributed by atoms with Gasteiger partial charge in [-0.3, -0.25) is 4.40 Å². The predicted molar refractivity (Wildman–Crippen MR) is 50.4 cm³/mol. The van der Waals surface area contributed by atoms with Crippen molar-refractivity contribution >= 4 is 11.5 Å². The van der Waals surface area contributed by atoms with Crippen LogP contribution in [0.1, 0.15) is 11.3 Å². The van der Waals surface area contributed by atoms with Crippen molar-refractivity contribution in [3.8, 4) is 0 Å². The smallest absolute Gasteiger partial charge is 0.281 e. The second kappa shape index (κ2) is 3.29. The van der Waals surface area contributed by atoms with Crippen molar-refractivity contribution in [2.45, 2.75) is 13.1 Å². The summed E-state index contributed by atoms with van der Waals surface area (Å²) in [6.45, 7) is 1.43. The number of nitrogens with zero attached hydrogens (tertiary/aromatic N) is 3. The highest BCUT2D eigenvalue weighted by molar-refractivity contribution is 5.57. The summed E-state index contributed by atoms with van der Waals surface area (Å²) in [7, 11) is 0. The summed E-state index contributed by atoms with van der Waals surface area (Å²) >= 11 is 0. The fourth-order valence-electron chi connectivity index (χ4n) is 1.50. The van der Waals surface area contributed by atoms with E-state index in [2.05, 4.69) is 10.2 Å². The summed E-state index contributed by atoms with van der Waals surface area (Å²) < 4.78 is 38.8. The van der Waals surface area contributed by atoms with Crippen molar-refractivity contribution in [2.75, 3.05) is 0 Å². The Morgan fingerprint density at radius 1 is 1.44 bits per heavy atom. The molecule has 0 unspecified atom stereocenters. The molecule has 0 atom stereocenters. The van der Waals surface area contributed by atoms with E-state index in [0.717, 1.165) is 10.5 Å². The van der Waals surface area contributed by atoms with Crippen LogP contribution in [0.2, 0.25) is 0 Å². The second-order valence-corrected chi connectivity index (χ2v) is 3.23. The number of aromatic nitrogens is 2. The van der Waals surface area contributed by atoms with Crippen LogP contribution in [0.25, 0.3) is 5.65 Å². The third kappa shape index (κ3) is 1.44. The summed E-state index contributed by atoms with van der Waals surface area (Å²) in [4.78, 5) is 14.2. The summed E-state index contributed by atoms with van der Waals surface area (Å²) in [5.41, 5.74) is -1.01. The fourth-order valence-corrected chi connectivity index (χ4v) is 1.50. The Bertz CT molecular complexity index is 559. The number of hydrogen-bond donors (Lipinski definition) is 0. The molecule has 0 spiro atoms. The van der Waals surface area contributed by atoms with Gasteiger partial charge in [0.05, 0.1) is 11.3 Å². The van der Waals surface area contributed by atoms with Crippen molar-refractivity contribution in [3.63, 3.8) is 0 Å². The Balaban J connectivity index is 2.85. The van der Waals surface area contributed by atoms with E-state index in [9.17, 15) is 18.1 Å². The maximum atomic E-state index is 12.6. The largest absolute Gasteiger partial charge is 0.419 e. The molecule has 2 rings (SSSR count). The van der Waals surface area contributed by atoms with E-state index < -0.39 is 11.7 Å². The first-order valence-corrected chi connectivity index (χ1v) is 4.33. The van der Waals surface area contributed by atoms with Gasteiger partial charge in [-0.15, -0.1) is 4.91 Å². The summed E-state index contributed by atoms with van der Waals surface area (Å²) in [5, 5.41) is 2.66. The van der Waals surface area contributed by atoms with E-state index in [1.54, 1.807) is 0 Å². The van der Waals surface area contributed by atoms with Gasteiger partial charge in [0, 0.05) is 6.20 Å². The Morgan fingerprint density at radius 3 is 2.69 bits per heavy atom. The Morgan fingerprint density at radius 2 is 2.12 bits per heavy atom. The van der Waals surface area contributed by atoms with Crippen molar-refractivity contribution in [1.29, 1.82) is 0 Å². The predicted octanol–water partition coefficient (Wildman–Crippen LogP) is 3.06. The van der Waals surface area contributed by atoms with Gasteiger partial charge in [-0.2, -0.15) is 13.2 Å². The SMILES string of the molecule is Cc1nc2c(C(F)(F)F)cccn2c1N=O. The highest BCUT2D eigenvalue weighted by atomic mass is 19.4. The van der Waals surface area contributed by atoms with Gasteiger partial charge >= 0.3 is 6.18 Å². The molecule has 2 aromatic rings. The van der Waals surface area contributed by atoms with Gasteiger partial charge in [-0.05, 0) is 24.2 Å². The molecule has 16 heavy (non-hydrogen) atoms. The van der Waals surface area contributed by atoms with Crippen LogP contribution < -0.4 is 0 Å². The van der Waals surface area contributed by atoms with Crippen molar-refractivity contribution in [3.05, 3.63) is 34.5 Å². The number of aryl methyl sites for hydroxylation is 1. The Hall–Kier alpha value is -1.92. The maximum absolute atomic E-state index is 12.6. The molecule has 0 saturated heterocycles. The van der Waals surface area contributed by atoms with Crippen LogP contribution in [0.3, 0.4) is 0 Å². The highest BCUT2D eigenvalue weighted by Crippen LogP contribution is 2.34. The van der Waals surface area contributed by atoms with Gasteiger partial charge in [0.2, 0.25) is 5.82 Å². The van der Waals surface area contributed by atoms with Crippen LogP contribution in [-0.2, 0) is 6.18 Å². The summed E-state index contributed by atoms with van der Waals surface area (Å²) in [6, 6.07) is 2.11. The zero-order valence-electron chi connectivity index (χ0n) is 8.12. The molecule has 2 aromatic heterocycles. The average Bonchev–Trinajstić information content (AvgIpc) is 2.50. The number of halogens is 3. The first-order chi connectivity index (χ1) is 7.45. The molecule has 4 nitrogen and oxygen atoms in total. The molecule has 7 heteroatoms. The lowest BCUT2D eigenvalue weighted by molar-refractivity contribution is -0.136. The van der Waals surface area contributed by atoms with Crippen LogP contribution in [0.5, 0.6) is 0 Å². The average molecular weight is 229 g/mol. The maximum Gasteiger partial charge on any atom is 0.419 e. The number of pyridine rings is 1. The van der Waals surface area contributed by atoms with E-state index in [1.807, 2.05) is 0 Å². The number of fused-ring (bicyclic) bond motifs is 1. The number of nitroso groups, excluding NO2 is 1. The molecule has 0 fully saturated rings. The summed E-state index contributed by atoms with van der Waals surface area (Å²) in [6.07, 6.45) is -3.18. The number of hydrogen-bond acceptors (Lipinski definition) is 3. The van der Waals surface area contributed by atoms with Crippen molar-refractivity contribution < 1.29 is 13.2 Å². The topological polar surface area (TPSA) is 46.7 Å². The lowest BCUT2D eigenvalue weighted by Gasteiger charge is -2.07. The second-order valence-electron chi connectivity index (χ2n) is 3.23. The molecule has 0 aliphatic carbocycles. The molecule has 84 valence electrons. The first-order valence-electron chi connectivity index (χ1n) is 4.33. The highest BCUT2D eigenvalue weighted by Gasteiger charge is 2.34. The van der Waals surface area contributed by atoms with Gasteiger partial charge in [0.15, 0.2) is 5.65 Å². The monoisotopic (exact) mass is 229 g/mol. The molecular weight excluding hydrogens is 223 g/mol. The Labute approximate surface area is 87.7 Å². The minimum atomic E-state index is -4.50. The molecule has 0 amide bonds. The quantitative estimate of drug-likeness (QED) is 0.705. The van der Waals surface area contributed by atoms with E-state index in [4.69, 9.17) is 0 Å². The Kier molecular flexibility index (Phi) is 2.18. The van der Waals surface area contributed by atoms with E-state index in [-0.39, 0.29) is 17.2 Å². The van der Waals surface area contributed by atoms with E-state index in [1.165, 1.54) is 19.2 Å². The number of rotatable bonds is 1. The molecule has 0 bridgehead atoms. The third-order valence-corrected chi connectivity index (χ3v) is 2.18. The van der Waals surface area contributed by atoms with E-state index >= 15 is 0 Å². The molecule has 0 aromatic carbocycles. The van der Waals surface area contributed by atoms with Crippen LogP contribution in [0.15, 0.2) is 23.5 Å². The van der Waals surface area contributed by atoms with Gasteiger partial charge in [-0.1, -0.05) is 0 Å². The fraction of sp³-hybridized carbons (Fsp3) is 0.222. The summed E-state index contributed by atoms with van der Waals surface area (Å²) in [5.74, 6) is -0.110. The van der Waals surface area contributed by atoms with Crippen LogP contribution in [0.4, 0.5) is 19.0 Å². The van der Waals surface area contributed by atoms with Gasteiger partial charge in [0.25, 0.3) is 0 Å². The van der Waals surface area contributed by atoms with Crippen molar-refractivity contribution in [1.82, 2.24) is 9.38 Å². The van der Waals surface area contributed by atoms with Crippen LogP contribution in [-0.4, -0.2) is 9.38 Å². The van der Waals surface area contributed by atoms with Gasteiger partial charge in [-0.25, -0.2) is 4.98 Å². The zero-order valence-corrected chi connectivity index (χ0v) is 8.12. The minimum Gasteiger partial charge on any atom is -0.281 e. The van der Waals surface area contributed by atoms with Gasteiger partial charge < -0.3 is 0 Å². The van der Waals surface area contributed by atoms with E-state index in [0.29, 0.717) is 0 Å². The number of alkyl halides is 3. The van der Waals surface area contributed by atoms with Crippen LogP contribution in [0, 0.1) is 11.8 Å². The molecule has 2 heterocycles. The lowest BCUT2D eigenvalue weighted by atomic mass is 10.2. The number of imidazole rings is 1. The normalized spacial score (nSPS) is 12.0. The molecular formula is C9H6F3N3O. The van der Waals surface area contributed by atoms with Crippen molar-refractivity contribution in [2.24, 2.45) is 5.18 Å². The van der Waals surface area contributed by atoms with Crippen LogP contribution >= 0.6 is 0 Å². The zero-order chi connectivity index (χ0) is 11.9. The lowest BCUT2D eigenvalue weighted by Crippen LogP contribution is -2.07. The molecule has 0 radical (unpaired) electrons. The first kappa shape index (κ1) is 10.6. The molecule has 0 aliphatic heterocycles.